The summed E-state index contributed by atoms with van der Waals surface area (Å²) in [5.74, 6) is -2.04. The molecule has 0 aliphatic carbocycles. The van der Waals surface area contributed by atoms with Gasteiger partial charge in [0, 0.05) is 10.2 Å². The highest BCUT2D eigenvalue weighted by Gasteiger charge is 2.15. The van der Waals surface area contributed by atoms with Crippen LogP contribution in [0.2, 0.25) is 0 Å². The molecule has 0 spiro atoms. The maximum absolute atomic E-state index is 13.4. The smallest absolute Gasteiger partial charge is 0.341 e. The number of halogens is 2. The van der Waals surface area contributed by atoms with Crippen LogP contribution < -0.4 is 5.32 Å². The lowest BCUT2D eigenvalue weighted by Gasteiger charge is -2.12. The van der Waals surface area contributed by atoms with Crippen molar-refractivity contribution in [1.82, 2.24) is 0 Å². The standard InChI is InChI=1S/C17H15BrFNO3/c1-10-11(2)15(8-7-13(10)18)20-16(21)9-23-17(22)12-5-3-4-6-14(12)19/h3-8H,9H2,1-2H3,(H,20,21). The minimum Gasteiger partial charge on any atom is -0.452 e. The van der Waals surface area contributed by atoms with E-state index in [1.807, 2.05) is 19.9 Å². The van der Waals surface area contributed by atoms with Gasteiger partial charge in [0.15, 0.2) is 6.61 Å². The highest BCUT2D eigenvalue weighted by Crippen LogP contribution is 2.25. The molecule has 0 aromatic heterocycles. The van der Waals surface area contributed by atoms with Crippen LogP contribution in [0.15, 0.2) is 40.9 Å². The van der Waals surface area contributed by atoms with Crippen LogP contribution in [0, 0.1) is 19.7 Å². The number of carbonyl (C=O) groups is 2. The van der Waals surface area contributed by atoms with Gasteiger partial charge in [0.05, 0.1) is 5.56 Å². The van der Waals surface area contributed by atoms with Crippen LogP contribution in [0.25, 0.3) is 0 Å². The minimum absolute atomic E-state index is 0.198. The molecule has 4 nitrogen and oxygen atoms in total. The van der Waals surface area contributed by atoms with Crippen molar-refractivity contribution in [2.75, 3.05) is 11.9 Å². The fraction of sp³-hybridized carbons (Fsp3) is 0.176. The lowest BCUT2D eigenvalue weighted by molar-refractivity contribution is -0.119. The molecular formula is C17H15BrFNO3. The summed E-state index contributed by atoms with van der Waals surface area (Å²) in [5.41, 5.74) is 2.35. The summed E-state index contributed by atoms with van der Waals surface area (Å²) >= 11 is 3.41. The molecule has 120 valence electrons. The number of hydrogen-bond donors (Lipinski definition) is 1. The fourth-order valence-corrected chi connectivity index (χ4v) is 2.37. The molecule has 2 aromatic carbocycles. The number of hydrogen-bond acceptors (Lipinski definition) is 3. The van der Waals surface area contributed by atoms with Crippen molar-refractivity contribution in [3.63, 3.8) is 0 Å². The molecule has 2 aromatic rings. The van der Waals surface area contributed by atoms with Crippen molar-refractivity contribution in [2.24, 2.45) is 0 Å². The molecule has 0 saturated heterocycles. The van der Waals surface area contributed by atoms with E-state index >= 15 is 0 Å². The van der Waals surface area contributed by atoms with E-state index in [9.17, 15) is 14.0 Å². The first-order chi connectivity index (χ1) is 10.9. The van der Waals surface area contributed by atoms with Crippen LogP contribution in [-0.2, 0) is 9.53 Å². The number of benzene rings is 2. The van der Waals surface area contributed by atoms with Gasteiger partial charge in [-0.3, -0.25) is 4.79 Å². The second kappa shape index (κ2) is 7.37. The molecule has 0 atom stereocenters. The summed E-state index contributed by atoms with van der Waals surface area (Å²) < 4.78 is 19.2. The number of anilines is 1. The maximum Gasteiger partial charge on any atom is 0.341 e. The predicted molar refractivity (Wildman–Crippen MR) is 88.9 cm³/mol. The van der Waals surface area contributed by atoms with Crippen LogP contribution in [-0.4, -0.2) is 18.5 Å². The maximum atomic E-state index is 13.4. The largest absolute Gasteiger partial charge is 0.452 e. The lowest BCUT2D eigenvalue weighted by atomic mass is 10.1. The number of nitrogens with one attached hydrogen (secondary N) is 1. The number of esters is 1. The molecule has 0 saturated carbocycles. The highest BCUT2D eigenvalue weighted by atomic mass is 79.9. The molecule has 0 aliphatic rings. The van der Waals surface area contributed by atoms with E-state index in [2.05, 4.69) is 21.2 Å². The van der Waals surface area contributed by atoms with Crippen molar-refractivity contribution in [3.8, 4) is 0 Å². The number of carbonyl (C=O) groups excluding carboxylic acids is 2. The lowest BCUT2D eigenvalue weighted by Crippen LogP contribution is -2.21. The zero-order valence-electron chi connectivity index (χ0n) is 12.7. The Labute approximate surface area is 141 Å². The third kappa shape index (κ3) is 4.16. The first-order valence-electron chi connectivity index (χ1n) is 6.87. The Morgan fingerprint density at radius 1 is 1.13 bits per heavy atom. The molecule has 0 unspecified atom stereocenters. The molecule has 23 heavy (non-hydrogen) atoms. The van der Waals surface area contributed by atoms with Gasteiger partial charge in [-0.1, -0.05) is 28.1 Å². The van der Waals surface area contributed by atoms with Gasteiger partial charge in [-0.15, -0.1) is 0 Å². The van der Waals surface area contributed by atoms with Gasteiger partial charge in [0.2, 0.25) is 0 Å². The summed E-state index contributed by atoms with van der Waals surface area (Å²) in [4.78, 5) is 23.6. The van der Waals surface area contributed by atoms with E-state index in [1.165, 1.54) is 18.2 Å². The van der Waals surface area contributed by atoms with Gasteiger partial charge < -0.3 is 10.1 Å². The molecule has 0 fully saturated rings. The van der Waals surface area contributed by atoms with E-state index in [0.717, 1.165) is 21.7 Å². The van der Waals surface area contributed by atoms with Crippen molar-refractivity contribution in [1.29, 1.82) is 0 Å². The van der Waals surface area contributed by atoms with E-state index in [1.54, 1.807) is 6.07 Å². The van der Waals surface area contributed by atoms with Gasteiger partial charge >= 0.3 is 5.97 Å². The van der Waals surface area contributed by atoms with E-state index in [-0.39, 0.29) is 5.56 Å². The zero-order valence-corrected chi connectivity index (χ0v) is 14.2. The van der Waals surface area contributed by atoms with E-state index < -0.39 is 24.3 Å². The molecule has 6 heteroatoms. The van der Waals surface area contributed by atoms with Gasteiger partial charge in [0.25, 0.3) is 5.91 Å². The average Bonchev–Trinajstić information content (AvgIpc) is 2.53. The monoisotopic (exact) mass is 379 g/mol. The molecule has 0 bridgehead atoms. The van der Waals surface area contributed by atoms with Gasteiger partial charge in [0.1, 0.15) is 5.82 Å². The highest BCUT2D eigenvalue weighted by molar-refractivity contribution is 9.10. The molecule has 2 rings (SSSR count). The van der Waals surface area contributed by atoms with Crippen LogP contribution in [0.1, 0.15) is 21.5 Å². The Morgan fingerprint density at radius 2 is 1.83 bits per heavy atom. The van der Waals surface area contributed by atoms with Crippen LogP contribution >= 0.6 is 15.9 Å². The van der Waals surface area contributed by atoms with Crippen molar-refractivity contribution < 1.29 is 18.7 Å². The summed E-state index contributed by atoms with van der Waals surface area (Å²) in [6, 6.07) is 9.03. The average molecular weight is 380 g/mol. The zero-order chi connectivity index (χ0) is 17.0. The Bertz CT molecular complexity index is 761. The Morgan fingerprint density at radius 3 is 2.52 bits per heavy atom. The van der Waals surface area contributed by atoms with Crippen LogP contribution in [0.3, 0.4) is 0 Å². The van der Waals surface area contributed by atoms with Crippen LogP contribution in [0.5, 0.6) is 0 Å². The molecule has 1 amide bonds. The minimum atomic E-state index is -0.873. The first kappa shape index (κ1) is 17.1. The van der Waals surface area contributed by atoms with E-state index in [0.29, 0.717) is 5.69 Å². The topological polar surface area (TPSA) is 55.4 Å². The van der Waals surface area contributed by atoms with Crippen LogP contribution in [0.4, 0.5) is 10.1 Å². The Kier molecular flexibility index (Phi) is 5.50. The second-order valence-corrected chi connectivity index (χ2v) is 5.80. The van der Waals surface area contributed by atoms with Gasteiger partial charge in [-0.25, -0.2) is 9.18 Å². The normalized spacial score (nSPS) is 10.3. The summed E-state index contributed by atoms with van der Waals surface area (Å²) in [7, 11) is 0. The molecule has 0 radical (unpaired) electrons. The number of amides is 1. The first-order valence-corrected chi connectivity index (χ1v) is 7.66. The van der Waals surface area contributed by atoms with E-state index in [4.69, 9.17) is 4.74 Å². The summed E-state index contributed by atoms with van der Waals surface area (Å²) in [6.45, 7) is 3.32. The molecule has 0 heterocycles. The third-order valence-electron chi connectivity index (χ3n) is 3.42. The summed E-state index contributed by atoms with van der Waals surface area (Å²) in [6.07, 6.45) is 0. The second-order valence-electron chi connectivity index (χ2n) is 4.95. The quantitative estimate of drug-likeness (QED) is 0.816. The SMILES string of the molecule is Cc1c(Br)ccc(NC(=O)COC(=O)c2ccccc2F)c1C. The third-order valence-corrected chi connectivity index (χ3v) is 4.28. The molecule has 1 N–H and O–H groups in total. The van der Waals surface area contributed by atoms with Crippen molar-refractivity contribution in [3.05, 3.63) is 63.4 Å². The van der Waals surface area contributed by atoms with Crippen molar-refractivity contribution >= 4 is 33.5 Å². The Balaban J connectivity index is 1.97. The fourth-order valence-electron chi connectivity index (χ4n) is 1.94. The summed E-state index contributed by atoms with van der Waals surface area (Å²) in [5, 5.41) is 2.67. The Hall–Kier alpha value is -2.21. The van der Waals surface area contributed by atoms with Crippen molar-refractivity contribution in [2.45, 2.75) is 13.8 Å². The van der Waals surface area contributed by atoms with Gasteiger partial charge in [-0.2, -0.15) is 0 Å². The molecular weight excluding hydrogens is 365 g/mol. The number of rotatable bonds is 4. The van der Waals surface area contributed by atoms with Gasteiger partial charge in [-0.05, 0) is 49.2 Å². The molecule has 0 aliphatic heterocycles. The number of ether oxygens (including phenoxy) is 1. The predicted octanol–water partition coefficient (Wildman–Crippen LogP) is 4.00.